The minimum atomic E-state index is 0.608. The first-order valence-electron chi connectivity index (χ1n) is 7.47. The molecule has 0 aromatic heterocycles. The van der Waals surface area contributed by atoms with Crippen LogP contribution in [0.5, 0.6) is 0 Å². The molecule has 104 valence electrons. The van der Waals surface area contributed by atoms with Crippen molar-refractivity contribution in [2.24, 2.45) is 5.92 Å². The van der Waals surface area contributed by atoms with E-state index in [0.29, 0.717) is 5.92 Å². The van der Waals surface area contributed by atoms with Crippen LogP contribution in [0.3, 0.4) is 0 Å². The van der Waals surface area contributed by atoms with Gasteiger partial charge in [0.25, 0.3) is 0 Å². The summed E-state index contributed by atoms with van der Waals surface area (Å²) in [4.78, 5) is 0. The molecule has 0 nitrogen and oxygen atoms in total. The molecule has 0 heteroatoms. The average molecular weight is 264 g/mol. The van der Waals surface area contributed by atoms with Gasteiger partial charge in [0.15, 0.2) is 0 Å². The molecule has 20 heavy (non-hydrogen) atoms. The number of benzene rings is 2. The maximum absolute atomic E-state index is 2.34. The second-order valence-electron chi connectivity index (χ2n) is 5.73. The Labute approximate surface area is 123 Å². The van der Waals surface area contributed by atoms with Crippen molar-refractivity contribution in [1.29, 1.82) is 0 Å². The molecule has 0 atom stereocenters. The van der Waals surface area contributed by atoms with Crippen LogP contribution >= 0.6 is 0 Å². The lowest BCUT2D eigenvalue weighted by atomic mass is 9.96. The maximum Gasteiger partial charge on any atom is -0.0225 e. The predicted octanol–water partition coefficient (Wildman–Crippen LogP) is 5.53. The van der Waals surface area contributed by atoms with E-state index in [9.17, 15) is 0 Å². The van der Waals surface area contributed by atoms with Crippen molar-refractivity contribution in [2.75, 3.05) is 0 Å². The van der Waals surface area contributed by atoms with Crippen molar-refractivity contribution in [3.8, 4) is 0 Å². The quantitative estimate of drug-likeness (QED) is 0.666. The minimum Gasteiger partial charge on any atom is -0.0702 e. The molecule has 0 spiro atoms. The van der Waals surface area contributed by atoms with Crippen LogP contribution in [0.25, 0.3) is 6.08 Å². The summed E-state index contributed by atoms with van der Waals surface area (Å²) in [5.41, 5.74) is 5.66. The normalized spacial score (nSPS) is 11.9. The van der Waals surface area contributed by atoms with E-state index < -0.39 is 0 Å². The highest BCUT2D eigenvalue weighted by Gasteiger charge is 2.02. The van der Waals surface area contributed by atoms with Crippen LogP contribution in [-0.4, -0.2) is 0 Å². The van der Waals surface area contributed by atoms with E-state index in [0.717, 1.165) is 12.8 Å². The van der Waals surface area contributed by atoms with Crippen LogP contribution in [0.4, 0.5) is 0 Å². The molecule has 0 aliphatic rings. The molecule has 0 unspecified atom stereocenters. The highest BCUT2D eigenvalue weighted by atomic mass is 14.1. The largest absolute Gasteiger partial charge is 0.0702 e. The Bertz CT molecular complexity index is 562. The number of allylic oxidation sites excluding steroid dienone is 1. The summed E-state index contributed by atoms with van der Waals surface area (Å²) < 4.78 is 0. The monoisotopic (exact) mass is 264 g/mol. The fourth-order valence-corrected chi connectivity index (χ4v) is 2.24. The highest BCUT2D eigenvalue weighted by Crippen LogP contribution is 2.19. The molecule has 0 amide bonds. The third kappa shape index (κ3) is 4.09. The minimum absolute atomic E-state index is 0.608. The van der Waals surface area contributed by atoms with Crippen LogP contribution in [0, 0.1) is 5.92 Å². The molecule has 0 saturated carbocycles. The van der Waals surface area contributed by atoms with Crippen LogP contribution in [0.15, 0.2) is 60.2 Å². The summed E-state index contributed by atoms with van der Waals surface area (Å²) in [6.07, 6.45) is 4.54. The van der Waals surface area contributed by atoms with Crippen LogP contribution < -0.4 is 0 Å². The number of rotatable bonds is 5. The zero-order valence-electron chi connectivity index (χ0n) is 12.8. The van der Waals surface area contributed by atoms with Crippen molar-refractivity contribution in [1.82, 2.24) is 0 Å². The van der Waals surface area contributed by atoms with Gasteiger partial charge in [-0.15, -0.1) is 0 Å². The molecule has 0 radical (unpaired) electrons. The molecule has 0 heterocycles. The number of hydrogen-bond acceptors (Lipinski definition) is 0. The lowest BCUT2D eigenvalue weighted by molar-refractivity contribution is 0.775. The second kappa shape index (κ2) is 7.09. The molecule has 0 fully saturated rings. The molecule has 0 bridgehead atoms. The summed E-state index contributed by atoms with van der Waals surface area (Å²) in [6, 6.07) is 19.5. The molecule has 0 aliphatic heterocycles. The second-order valence-corrected chi connectivity index (χ2v) is 5.73. The number of hydrogen-bond donors (Lipinski definition) is 0. The van der Waals surface area contributed by atoms with Crippen LogP contribution in [0.2, 0.25) is 0 Å². The molecule has 2 aromatic rings. The van der Waals surface area contributed by atoms with Gasteiger partial charge in [0.05, 0.1) is 0 Å². The summed E-state index contributed by atoms with van der Waals surface area (Å²) >= 11 is 0. The van der Waals surface area contributed by atoms with Gasteiger partial charge in [-0.3, -0.25) is 0 Å². The first-order chi connectivity index (χ1) is 9.66. The third-order valence-electron chi connectivity index (χ3n) is 3.87. The lowest BCUT2D eigenvalue weighted by Gasteiger charge is -2.09. The van der Waals surface area contributed by atoms with E-state index in [1.54, 1.807) is 0 Å². The SMILES string of the molecule is C/C(=C\c1ccccc1CCc1ccccc1)C(C)C. The summed E-state index contributed by atoms with van der Waals surface area (Å²) in [5.74, 6) is 0.608. The molecular weight excluding hydrogens is 240 g/mol. The predicted molar refractivity (Wildman–Crippen MR) is 88.8 cm³/mol. The summed E-state index contributed by atoms with van der Waals surface area (Å²) in [6.45, 7) is 6.72. The van der Waals surface area contributed by atoms with Gasteiger partial charge in [0.1, 0.15) is 0 Å². The van der Waals surface area contributed by atoms with Crippen molar-refractivity contribution < 1.29 is 0 Å². The highest BCUT2D eigenvalue weighted by molar-refractivity contribution is 5.56. The van der Waals surface area contributed by atoms with Gasteiger partial charge in [-0.25, -0.2) is 0 Å². The molecule has 0 N–H and O–H groups in total. The Kier molecular flexibility index (Phi) is 5.17. The van der Waals surface area contributed by atoms with Gasteiger partial charge in [-0.2, -0.15) is 0 Å². The van der Waals surface area contributed by atoms with Crippen LogP contribution in [0.1, 0.15) is 37.5 Å². The first kappa shape index (κ1) is 14.6. The fraction of sp³-hybridized carbons (Fsp3) is 0.300. The van der Waals surface area contributed by atoms with Gasteiger partial charge >= 0.3 is 0 Å². The molecule has 0 saturated heterocycles. The Hall–Kier alpha value is -1.82. The van der Waals surface area contributed by atoms with Crippen molar-refractivity contribution in [3.05, 3.63) is 76.9 Å². The maximum atomic E-state index is 2.34. The van der Waals surface area contributed by atoms with E-state index >= 15 is 0 Å². The Morgan fingerprint density at radius 1 is 0.900 bits per heavy atom. The Balaban J connectivity index is 2.14. The molecular formula is C20H24. The summed E-state index contributed by atoms with van der Waals surface area (Å²) in [7, 11) is 0. The van der Waals surface area contributed by atoms with Gasteiger partial charge in [-0.1, -0.05) is 80.1 Å². The third-order valence-corrected chi connectivity index (χ3v) is 3.87. The van der Waals surface area contributed by atoms with Gasteiger partial charge in [0, 0.05) is 0 Å². The Morgan fingerprint density at radius 3 is 2.25 bits per heavy atom. The van der Waals surface area contributed by atoms with Crippen molar-refractivity contribution in [2.45, 2.75) is 33.6 Å². The Morgan fingerprint density at radius 2 is 1.55 bits per heavy atom. The molecule has 2 rings (SSSR count). The summed E-state index contributed by atoms with van der Waals surface area (Å²) in [5, 5.41) is 0. The van der Waals surface area contributed by atoms with Crippen molar-refractivity contribution in [3.63, 3.8) is 0 Å². The topological polar surface area (TPSA) is 0 Å². The first-order valence-corrected chi connectivity index (χ1v) is 7.47. The van der Waals surface area contributed by atoms with Crippen molar-refractivity contribution >= 4 is 6.08 Å². The zero-order chi connectivity index (χ0) is 14.4. The molecule has 2 aromatic carbocycles. The van der Waals surface area contributed by atoms with E-state index in [1.165, 1.54) is 22.3 Å². The fourth-order valence-electron chi connectivity index (χ4n) is 2.24. The smallest absolute Gasteiger partial charge is 0.0225 e. The van der Waals surface area contributed by atoms with Gasteiger partial charge < -0.3 is 0 Å². The zero-order valence-corrected chi connectivity index (χ0v) is 12.8. The van der Waals surface area contributed by atoms with E-state index in [2.05, 4.69) is 81.4 Å². The van der Waals surface area contributed by atoms with E-state index in [-0.39, 0.29) is 0 Å². The molecule has 0 aliphatic carbocycles. The standard InChI is InChI=1S/C20H24/c1-16(2)17(3)15-20-12-8-7-11-19(20)14-13-18-9-5-4-6-10-18/h4-12,15-16H,13-14H2,1-3H3/b17-15+. The van der Waals surface area contributed by atoms with Crippen LogP contribution in [-0.2, 0) is 12.8 Å². The van der Waals surface area contributed by atoms with Gasteiger partial charge in [0.2, 0.25) is 0 Å². The van der Waals surface area contributed by atoms with E-state index in [4.69, 9.17) is 0 Å². The number of aryl methyl sites for hydroxylation is 2. The average Bonchev–Trinajstić information content (AvgIpc) is 2.47. The lowest BCUT2D eigenvalue weighted by Crippen LogP contribution is -1.95. The van der Waals surface area contributed by atoms with E-state index in [1.807, 2.05) is 0 Å². The van der Waals surface area contributed by atoms with Gasteiger partial charge in [-0.05, 0) is 42.4 Å².